The fourth-order valence-corrected chi connectivity index (χ4v) is 1.29. The zero-order valence-corrected chi connectivity index (χ0v) is 5.55. The fraction of sp³-hybridized carbons (Fsp3) is 0.667. The molecule has 3 nitrogen and oxygen atoms in total. The van der Waals surface area contributed by atoms with Gasteiger partial charge in [0.1, 0.15) is 0 Å². The van der Waals surface area contributed by atoms with Gasteiger partial charge in [-0.3, -0.25) is 0 Å². The van der Waals surface area contributed by atoms with E-state index in [1.165, 1.54) is 0 Å². The fourth-order valence-electron chi connectivity index (χ4n) is 1.29. The molecule has 48 valence electrons. The van der Waals surface area contributed by atoms with Gasteiger partial charge in [-0.2, -0.15) is 15.4 Å². The van der Waals surface area contributed by atoms with Gasteiger partial charge >= 0.3 is 0 Å². The third-order valence-electron chi connectivity index (χ3n) is 2.22. The van der Waals surface area contributed by atoms with E-state index >= 15 is 0 Å². The molecule has 9 heavy (non-hydrogen) atoms. The monoisotopic (exact) mass is 123 g/mol. The Labute approximate surface area is 53.5 Å². The first-order valence-corrected chi connectivity index (χ1v) is 3.21. The van der Waals surface area contributed by atoms with Crippen LogP contribution < -0.4 is 0 Å². The van der Waals surface area contributed by atoms with Crippen LogP contribution in [0, 0.1) is 0 Å². The molecule has 0 radical (unpaired) electrons. The third kappa shape index (κ3) is 0.422. The van der Waals surface area contributed by atoms with Crippen LogP contribution >= 0.6 is 0 Å². The van der Waals surface area contributed by atoms with Crippen molar-refractivity contribution in [3.63, 3.8) is 0 Å². The molecule has 2 unspecified atom stereocenters. The zero-order valence-electron chi connectivity index (χ0n) is 5.55. The summed E-state index contributed by atoms with van der Waals surface area (Å²) in [7, 11) is 0. The predicted octanol–water partition coefficient (Wildman–Crippen LogP) is 1.03. The Morgan fingerprint density at radius 2 is 1.56 bits per heavy atom. The molecule has 0 saturated heterocycles. The smallest absolute Gasteiger partial charge is 0.0894 e. The molecule has 0 bridgehead atoms. The number of rotatable bonds is 0. The van der Waals surface area contributed by atoms with Crippen LogP contribution in [0.3, 0.4) is 0 Å². The summed E-state index contributed by atoms with van der Waals surface area (Å²) in [6, 6.07) is 0. The number of nitrogens with one attached hydrogen (secondary N) is 1. The lowest BCUT2D eigenvalue weighted by molar-refractivity contribution is 0.518. The van der Waals surface area contributed by atoms with Crippen molar-refractivity contribution in [2.75, 3.05) is 0 Å². The van der Waals surface area contributed by atoms with Crippen molar-refractivity contribution in [3.05, 3.63) is 11.4 Å². The average Bonchev–Trinajstić information content (AvgIpc) is 2.30. The lowest BCUT2D eigenvalue weighted by atomic mass is 9.77. The molecule has 0 fully saturated rings. The lowest BCUT2D eigenvalue weighted by Gasteiger charge is -2.26. The minimum atomic E-state index is 0.610. The maximum atomic E-state index is 4.00. The van der Waals surface area contributed by atoms with Crippen LogP contribution in [-0.4, -0.2) is 15.4 Å². The summed E-state index contributed by atoms with van der Waals surface area (Å²) in [5.41, 5.74) is 2.31. The van der Waals surface area contributed by atoms with E-state index in [-0.39, 0.29) is 0 Å². The number of aromatic nitrogens is 3. The number of hydrogen-bond acceptors (Lipinski definition) is 2. The topological polar surface area (TPSA) is 41.6 Å². The van der Waals surface area contributed by atoms with Crippen LogP contribution in [0.5, 0.6) is 0 Å². The summed E-state index contributed by atoms with van der Waals surface area (Å²) >= 11 is 0. The highest BCUT2D eigenvalue weighted by Crippen LogP contribution is 2.42. The highest BCUT2D eigenvalue weighted by Gasteiger charge is 2.34. The summed E-state index contributed by atoms with van der Waals surface area (Å²) in [4.78, 5) is 0. The van der Waals surface area contributed by atoms with Crippen LogP contribution in [-0.2, 0) is 0 Å². The highest BCUT2D eigenvalue weighted by atomic mass is 15.3. The van der Waals surface area contributed by atoms with E-state index in [1.54, 1.807) is 0 Å². The quantitative estimate of drug-likeness (QED) is 0.559. The second kappa shape index (κ2) is 1.35. The molecule has 1 N–H and O–H groups in total. The molecular weight excluding hydrogens is 114 g/mol. The van der Waals surface area contributed by atoms with Crippen molar-refractivity contribution in [2.24, 2.45) is 0 Å². The van der Waals surface area contributed by atoms with Crippen molar-refractivity contribution < 1.29 is 0 Å². The maximum Gasteiger partial charge on any atom is 0.0894 e. The molecule has 0 spiro atoms. The molecule has 1 aliphatic rings. The lowest BCUT2D eigenvalue weighted by Crippen LogP contribution is -2.18. The summed E-state index contributed by atoms with van der Waals surface area (Å²) in [5.74, 6) is 1.22. The van der Waals surface area contributed by atoms with Gasteiger partial charge in [0.25, 0.3) is 0 Å². The molecule has 0 aromatic carbocycles. The first-order valence-electron chi connectivity index (χ1n) is 3.21. The second-order valence-corrected chi connectivity index (χ2v) is 2.67. The zero-order chi connectivity index (χ0) is 6.43. The number of nitrogens with zero attached hydrogens (tertiary/aromatic N) is 2. The minimum Gasteiger partial charge on any atom is -0.197 e. The van der Waals surface area contributed by atoms with Crippen LogP contribution in [0.4, 0.5) is 0 Å². The van der Waals surface area contributed by atoms with Gasteiger partial charge in [0.05, 0.1) is 11.4 Å². The van der Waals surface area contributed by atoms with E-state index in [0.717, 1.165) is 11.4 Å². The highest BCUT2D eigenvalue weighted by molar-refractivity contribution is 5.31. The van der Waals surface area contributed by atoms with E-state index < -0.39 is 0 Å². The van der Waals surface area contributed by atoms with Crippen LogP contribution in [0.1, 0.15) is 37.1 Å². The van der Waals surface area contributed by atoms with Crippen molar-refractivity contribution in [1.82, 2.24) is 15.4 Å². The first-order chi connectivity index (χ1) is 4.30. The molecular formula is C6H9N3. The molecule has 0 amide bonds. The number of hydrogen-bond donors (Lipinski definition) is 1. The second-order valence-electron chi connectivity index (χ2n) is 2.67. The molecule has 0 saturated carbocycles. The number of fused-ring (bicyclic) bond motifs is 1. The van der Waals surface area contributed by atoms with E-state index in [4.69, 9.17) is 0 Å². The van der Waals surface area contributed by atoms with Crippen LogP contribution in [0.2, 0.25) is 0 Å². The molecule has 1 aromatic rings. The van der Waals surface area contributed by atoms with Crippen molar-refractivity contribution in [1.29, 1.82) is 0 Å². The van der Waals surface area contributed by atoms with Gasteiger partial charge in [-0.15, -0.1) is 0 Å². The molecule has 1 aliphatic carbocycles. The number of aromatic amines is 1. The van der Waals surface area contributed by atoms with Gasteiger partial charge in [-0.1, -0.05) is 13.8 Å². The normalized spacial score (nSPS) is 31.3. The van der Waals surface area contributed by atoms with E-state index in [2.05, 4.69) is 29.3 Å². The predicted molar refractivity (Wildman–Crippen MR) is 33.2 cm³/mol. The SMILES string of the molecule is CC1c2n[nH]nc2C1C. The van der Waals surface area contributed by atoms with E-state index in [0.29, 0.717) is 11.8 Å². The van der Waals surface area contributed by atoms with E-state index in [9.17, 15) is 0 Å². The van der Waals surface area contributed by atoms with Crippen molar-refractivity contribution >= 4 is 0 Å². The molecule has 2 atom stereocenters. The maximum absolute atomic E-state index is 4.00. The van der Waals surface area contributed by atoms with Gasteiger partial charge in [-0.25, -0.2) is 0 Å². The average molecular weight is 123 g/mol. The molecule has 1 aromatic heterocycles. The Morgan fingerprint density at radius 1 is 1.11 bits per heavy atom. The van der Waals surface area contributed by atoms with Gasteiger partial charge in [0, 0.05) is 11.8 Å². The van der Waals surface area contributed by atoms with Gasteiger partial charge in [0.2, 0.25) is 0 Å². The molecule has 2 rings (SSSR count). The van der Waals surface area contributed by atoms with Gasteiger partial charge in [-0.05, 0) is 0 Å². The Hall–Kier alpha value is -0.860. The van der Waals surface area contributed by atoms with Crippen LogP contribution in [0.15, 0.2) is 0 Å². The summed E-state index contributed by atoms with van der Waals surface area (Å²) in [5, 5.41) is 10.6. The molecule has 1 heterocycles. The minimum absolute atomic E-state index is 0.610. The summed E-state index contributed by atoms with van der Waals surface area (Å²) < 4.78 is 0. The standard InChI is InChI=1S/C6H9N3/c1-3-4(2)6-5(3)7-9-8-6/h3-4H,1-2H3,(H,7,8,9). The first kappa shape index (κ1) is 4.97. The van der Waals surface area contributed by atoms with Crippen molar-refractivity contribution in [2.45, 2.75) is 25.7 Å². The molecule has 3 heteroatoms. The van der Waals surface area contributed by atoms with Gasteiger partial charge < -0.3 is 0 Å². The van der Waals surface area contributed by atoms with Crippen LogP contribution in [0.25, 0.3) is 0 Å². The largest absolute Gasteiger partial charge is 0.197 e. The Balaban J connectivity index is 2.50. The Kier molecular flexibility index (Phi) is 0.743. The Bertz CT molecular complexity index is 205. The van der Waals surface area contributed by atoms with Gasteiger partial charge in [0.15, 0.2) is 0 Å². The van der Waals surface area contributed by atoms with E-state index in [1.807, 2.05) is 0 Å². The third-order valence-corrected chi connectivity index (χ3v) is 2.22. The Morgan fingerprint density at radius 3 is 2.00 bits per heavy atom. The molecule has 0 aliphatic heterocycles. The summed E-state index contributed by atoms with van der Waals surface area (Å²) in [6.07, 6.45) is 0. The van der Waals surface area contributed by atoms with Crippen molar-refractivity contribution in [3.8, 4) is 0 Å². The summed E-state index contributed by atoms with van der Waals surface area (Å²) in [6.45, 7) is 4.35. The number of H-pyrrole nitrogens is 1.